The molecule has 4 fully saturated rings. The fourth-order valence-electron chi connectivity index (χ4n) is 6.36. The van der Waals surface area contributed by atoms with E-state index in [9.17, 15) is 28.8 Å². The number of ether oxygens (including phenoxy) is 4. The lowest BCUT2D eigenvalue weighted by Gasteiger charge is -2.59. The molecule has 0 amide bonds. The second kappa shape index (κ2) is 17.6. The minimum absolute atomic E-state index is 0.0231. The second-order valence-electron chi connectivity index (χ2n) is 10.3. The molecule has 4 bridgehead atoms. The standard InChI is InChI=1S/C14H20O4.C6H6N2O4.C5H5N3O4.2C2H6/c1-17-11(15)13-4-9-3-10(5-13)7-14(6-9,8-13)12(16)18-2;1-12-6(11)4-2-3(5(9)10)7-8-4;1-12-5(11)3-6-2(4(9)10)7-8-3;2*1-2/h9-10H,3-8H2,1-2H3;2H,1H3,(H,7,8)(H,9,10);1H3,(H,9,10)(H,6,7,8);2*1-2H3. The van der Waals surface area contributed by atoms with Gasteiger partial charge in [0.25, 0.3) is 5.82 Å². The van der Waals surface area contributed by atoms with Gasteiger partial charge in [-0.1, -0.05) is 27.7 Å². The summed E-state index contributed by atoms with van der Waals surface area (Å²) < 4.78 is 18.6. The third kappa shape index (κ3) is 9.10. The van der Waals surface area contributed by atoms with Gasteiger partial charge in [-0.05, 0) is 50.4 Å². The van der Waals surface area contributed by atoms with Crippen molar-refractivity contribution in [2.24, 2.45) is 22.7 Å². The van der Waals surface area contributed by atoms with Crippen LogP contribution in [0.2, 0.25) is 0 Å². The van der Waals surface area contributed by atoms with Crippen LogP contribution in [0.1, 0.15) is 108 Å². The van der Waals surface area contributed by atoms with Crippen molar-refractivity contribution in [3.63, 3.8) is 0 Å². The molecule has 0 aliphatic heterocycles. The number of H-pyrrole nitrogens is 2. The van der Waals surface area contributed by atoms with Gasteiger partial charge in [-0.25, -0.2) is 19.2 Å². The molecule has 0 aromatic carbocycles. The van der Waals surface area contributed by atoms with E-state index in [-0.39, 0.29) is 29.2 Å². The molecule has 6 rings (SSSR count). The zero-order chi connectivity index (χ0) is 35.2. The summed E-state index contributed by atoms with van der Waals surface area (Å²) in [6.45, 7) is 8.00. The van der Waals surface area contributed by atoms with E-state index in [4.69, 9.17) is 19.7 Å². The largest absolute Gasteiger partial charge is 0.476 e. The van der Waals surface area contributed by atoms with Crippen molar-refractivity contribution in [3.05, 3.63) is 29.1 Å². The number of carbonyl (C=O) groups is 6. The number of hydrogen-bond donors (Lipinski definition) is 4. The summed E-state index contributed by atoms with van der Waals surface area (Å²) in [7, 11) is 5.26. The first kappa shape index (κ1) is 39.2. The molecule has 2 heterocycles. The third-order valence-electron chi connectivity index (χ3n) is 7.56. The number of rotatable bonds is 6. The Labute approximate surface area is 265 Å². The van der Waals surface area contributed by atoms with Crippen LogP contribution in [0.5, 0.6) is 0 Å². The fourth-order valence-corrected chi connectivity index (χ4v) is 6.36. The van der Waals surface area contributed by atoms with Crippen LogP contribution in [0.3, 0.4) is 0 Å². The number of aromatic amines is 2. The van der Waals surface area contributed by atoms with Crippen molar-refractivity contribution >= 4 is 35.8 Å². The highest BCUT2D eigenvalue weighted by Crippen LogP contribution is 2.65. The molecule has 2 aromatic heterocycles. The number of esters is 4. The number of carbonyl (C=O) groups excluding carboxylic acids is 4. The highest BCUT2D eigenvalue weighted by Gasteiger charge is 2.64. The Morgan fingerprint density at radius 3 is 1.54 bits per heavy atom. The van der Waals surface area contributed by atoms with Gasteiger partial charge >= 0.3 is 35.8 Å². The average molecular weight is 654 g/mol. The van der Waals surface area contributed by atoms with Gasteiger partial charge in [0.2, 0.25) is 5.82 Å². The van der Waals surface area contributed by atoms with Gasteiger partial charge in [0, 0.05) is 6.07 Å². The Hall–Kier alpha value is -4.83. The Bertz CT molecular complexity index is 1260. The SMILES string of the molecule is CC.CC.COC(=O)C12CC3CC(C1)CC(C(=O)OC)(C3)C2.COC(=O)c1cc(C(=O)O)n[nH]1.COC(=O)c1nc(C(=O)O)n[nH]1. The van der Waals surface area contributed by atoms with Crippen LogP contribution in [0.25, 0.3) is 0 Å². The number of nitrogens with one attached hydrogen (secondary N) is 2. The van der Waals surface area contributed by atoms with Crippen LogP contribution in [0.15, 0.2) is 6.07 Å². The lowest BCUT2D eigenvalue weighted by molar-refractivity contribution is -0.190. The van der Waals surface area contributed by atoms with Crippen molar-refractivity contribution in [2.45, 2.75) is 66.2 Å². The minimum Gasteiger partial charge on any atom is -0.476 e. The number of hydrogen-bond acceptors (Lipinski definition) is 13. The molecular formula is C29H43N5O12. The van der Waals surface area contributed by atoms with E-state index in [0.29, 0.717) is 18.3 Å². The van der Waals surface area contributed by atoms with Crippen molar-refractivity contribution in [3.8, 4) is 0 Å². The van der Waals surface area contributed by atoms with Gasteiger partial charge in [-0.3, -0.25) is 19.8 Å². The third-order valence-corrected chi connectivity index (χ3v) is 7.56. The summed E-state index contributed by atoms with van der Waals surface area (Å²) in [5, 5.41) is 27.7. The first-order chi connectivity index (χ1) is 21.8. The van der Waals surface area contributed by atoms with Crippen molar-refractivity contribution in [2.75, 3.05) is 28.4 Å². The van der Waals surface area contributed by atoms with Crippen LogP contribution in [0, 0.1) is 22.7 Å². The molecule has 0 radical (unpaired) electrons. The molecule has 4 aliphatic rings. The van der Waals surface area contributed by atoms with E-state index in [1.54, 1.807) is 0 Å². The van der Waals surface area contributed by atoms with E-state index in [2.05, 4.69) is 34.9 Å². The first-order valence-corrected chi connectivity index (χ1v) is 14.6. The molecule has 4 aliphatic carbocycles. The second-order valence-corrected chi connectivity index (χ2v) is 10.3. The summed E-state index contributed by atoms with van der Waals surface area (Å²) in [6.07, 6.45) is 5.39. The van der Waals surface area contributed by atoms with E-state index in [1.807, 2.05) is 27.7 Å². The van der Waals surface area contributed by atoms with E-state index in [0.717, 1.165) is 45.3 Å². The van der Waals surface area contributed by atoms with E-state index in [1.165, 1.54) is 21.3 Å². The normalized spacial score (nSPS) is 22.7. The number of carboxylic acids is 2. The summed E-state index contributed by atoms with van der Waals surface area (Å²) in [5.74, 6) is -3.85. The Morgan fingerprint density at radius 1 is 0.717 bits per heavy atom. The quantitative estimate of drug-likeness (QED) is 0.258. The summed E-state index contributed by atoms with van der Waals surface area (Å²) in [4.78, 5) is 69.6. The maximum Gasteiger partial charge on any atom is 0.375 e. The molecule has 256 valence electrons. The molecule has 46 heavy (non-hydrogen) atoms. The number of carboxylic acid groups (broad SMARTS) is 2. The minimum atomic E-state index is -1.30. The molecule has 17 heteroatoms. The van der Waals surface area contributed by atoms with Gasteiger partial charge in [0.05, 0.1) is 39.3 Å². The number of nitrogens with zero attached hydrogens (tertiary/aromatic N) is 3. The van der Waals surface area contributed by atoms with Crippen molar-refractivity contribution in [1.82, 2.24) is 25.4 Å². The predicted octanol–water partition coefficient (Wildman–Crippen LogP) is 3.16. The Morgan fingerprint density at radius 2 is 1.20 bits per heavy atom. The van der Waals surface area contributed by atoms with Gasteiger partial charge in [-0.15, -0.1) is 5.10 Å². The fraction of sp³-hybridized carbons (Fsp3) is 0.621. The van der Waals surface area contributed by atoms with Crippen LogP contribution in [0.4, 0.5) is 0 Å². The Kier molecular flexibility index (Phi) is 15.0. The van der Waals surface area contributed by atoms with Crippen molar-refractivity contribution in [1.29, 1.82) is 0 Å². The first-order valence-electron chi connectivity index (χ1n) is 14.6. The monoisotopic (exact) mass is 653 g/mol. The topological polar surface area (TPSA) is 250 Å². The number of aromatic nitrogens is 5. The lowest BCUT2D eigenvalue weighted by Crippen LogP contribution is -2.58. The average Bonchev–Trinajstić information content (AvgIpc) is 3.77. The molecule has 2 aromatic rings. The summed E-state index contributed by atoms with van der Waals surface area (Å²) >= 11 is 0. The van der Waals surface area contributed by atoms with Gasteiger partial charge in [-0.2, -0.15) is 10.1 Å². The predicted molar refractivity (Wildman–Crippen MR) is 158 cm³/mol. The van der Waals surface area contributed by atoms with E-state index < -0.39 is 40.5 Å². The molecule has 4 saturated carbocycles. The lowest BCUT2D eigenvalue weighted by atomic mass is 9.44. The zero-order valence-corrected chi connectivity index (χ0v) is 27.3. The molecular weight excluding hydrogens is 610 g/mol. The van der Waals surface area contributed by atoms with Crippen LogP contribution < -0.4 is 0 Å². The van der Waals surface area contributed by atoms with Gasteiger partial charge in [0.1, 0.15) is 5.69 Å². The van der Waals surface area contributed by atoms with E-state index >= 15 is 0 Å². The Balaban J connectivity index is 0.000000337. The molecule has 0 atom stereocenters. The number of aromatic carboxylic acids is 2. The number of methoxy groups -OCH3 is 4. The van der Waals surface area contributed by atoms with Gasteiger partial charge in [0.15, 0.2) is 5.69 Å². The highest BCUT2D eigenvalue weighted by atomic mass is 16.5. The smallest absolute Gasteiger partial charge is 0.375 e. The molecule has 0 spiro atoms. The molecule has 17 nitrogen and oxygen atoms in total. The highest BCUT2D eigenvalue weighted by molar-refractivity contribution is 5.92. The van der Waals surface area contributed by atoms with Crippen LogP contribution in [-0.2, 0) is 28.5 Å². The van der Waals surface area contributed by atoms with Gasteiger partial charge < -0.3 is 29.2 Å². The molecule has 0 saturated heterocycles. The van der Waals surface area contributed by atoms with Crippen molar-refractivity contribution < 1.29 is 57.9 Å². The zero-order valence-electron chi connectivity index (χ0n) is 27.3. The summed E-state index contributed by atoms with van der Waals surface area (Å²) in [5.41, 5.74) is -1.01. The maximum absolute atomic E-state index is 12.1. The maximum atomic E-state index is 12.1. The molecule has 4 N–H and O–H groups in total. The van der Waals surface area contributed by atoms with Crippen LogP contribution in [-0.4, -0.2) is 99.8 Å². The van der Waals surface area contributed by atoms with Crippen LogP contribution >= 0.6 is 0 Å². The molecule has 0 unspecified atom stereocenters. The summed E-state index contributed by atoms with van der Waals surface area (Å²) in [6, 6.07) is 1.11.